The summed E-state index contributed by atoms with van der Waals surface area (Å²) in [6.07, 6.45) is 3.34. The quantitative estimate of drug-likeness (QED) is 0.766. The van der Waals surface area contributed by atoms with Gasteiger partial charge in [0.05, 0.1) is 0 Å². The number of aryl methyl sites for hydroxylation is 3. The SMILES string of the molecule is CCc1ccc(C(=O)N2CCN(C(=O)CCCc3ccc(C)cc3)CC2)cc1. The predicted molar refractivity (Wildman–Crippen MR) is 112 cm³/mol. The first-order valence-electron chi connectivity index (χ1n) is 10.3. The number of piperazine rings is 1. The van der Waals surface area contributed by atoms with E-state index >= 15 is 0 Å². The molecule has 0 atom stereocenters. The summed E-state index contributed by atoms with van der Waals surface area (Å²) in [5.41, 5.74) is 4.50. The fraction of sp³-hybridized carbons (Fsp3) is 0.417. The van der Waals surface area contributed by atoms with Crippen LogP contribution in [0.5, 0.6) is 0 Å². The summed E-state index contributed by atoms with van der Waals surface area (Å²) < 4.78 is 0. The maximum absolute atomic E-state index is 12.7. The summed E-state index contributed by atoms with van der Waals surface area (Å²) in [5, 5.41) is 0. The third-order valence-corrected chi connectivity index (χ3v) is 5.51. The van der Waals surface area contributed by atoms with E-state index in [2.05, 4.69) is 38.1 Å². The maximum atomic E-state index is 12.7. The van der Waals surface area contributed by atoms with E-state index in [4.69, 9.17) is 0 Å². The normalized spacial score (nSPS) is 14.2. The van der Waals surface area contributed by atoms with Gasteiger partial charge in [-0.15, -0.1) is 0 Å². The monoisotopic (exact) mass is 378 g/mol. The minimum Gasteiger partial charge on any atom is -0.339 e. The molecule has 1 fully saturated rings. The van der Waals surface area contributed by atoms with Gasteiger partial charge in [0.15, 0.2) is 0 Å². The first-order valence-corrected chi connectivity index (χ1v) is 10.3. The Morgan fingerprint density at radius 2 is 1.39 bits per heavy atom. The molecule has 0 spiro atoms. The Hall–Kier alpha value is -2.62. The van der Waals surface area contributed by atoms with Crippen LogP contribution in [0.1, 0.15) is 46.8 Å². The zero-order valence-corrected chi connectivity index (χ0v) is 17.0. The van der Waals surface area contributed by atoms with E-state index in [1.165, 1.54) is 16.7 Å². The lowest BCUT2D eigenvalue weighted by Gasteiger charge is -2.35. The molecule has 2 aromatic rings. The lowest BCUT2D eigenvalue weighted by molar-refractivity contribution is -0.132. The number of hydrogen-bond acceptors (Lipinski definition) is 2. The molecule has 3 rings (SSSR count). The highest BCUT2D eigenvalue weighted by atomic mass is 16.2. The van der Waals surface area contributed by atoms with Crippen LogP contribution in [0, 0.1) is 6.92 Å². The van der Waals surface area contributed by atoms with Gasteiger partial charge >= 0.3 is 0 Å². The van der Waals surface area contributed by atoms with Gasteiger partial charge in [0, 0.05) is 38.2 Å². The van der Waals surface area contributed by atoms with E-state index in [9.17, 15) is 9.59 Å². The minimum absolute atomic E-state index is 0.0640. The molecule has 1 aliphatic rings. The van der Waals surface area contributed by atoms with Crippen LogP contribution < -0.4 is 0 Å². The van der Waals surface area contributed by atoms with Crippen LogP contribution in [-0.4, -0.2) is 47.8 Å². The first-order chi connectivity index (χ1) is 13.6. The standard InChI is InChI=1S/C24H30N2O2/c1-3-20-11-13-22(14-12-20)24(28)26-17-15-25(16-18-26)23(27)6-4-5-21-9-7-19(2)8-10-21/h7-14H,3-6,15-18H2,1-2H3. The Morgan fingerprint density at radius 1 is 0.821 bits per heavy atom. The van der Waals surface area contributed by atoms with Gasteiger partial charge in [-0.1, -0.05) is 48.9 Å². The van der Waals surface area contributed by atoms with Gasteiger partial charge in [-0.25, -0.2) is 0 Å². The zero-order chi connectivity index (χ0) is 19.9. The van der Waals surface area contributed by atoms with Gasteiger partial charge < -0.3 is 9.80 Å². The van der Waals surface area contributed by atoms with Crippen LogP contribution in [0.25, 0.3) is 0 Å². The molecule has 2 aromatic carbocycles. The average molecular weight is 379 g/mol. The second kappa shape index (κ2) is 9.54. The average Bonchev–Trinajstić information content (AvgIpc) is 2.74. The van der Waals surface area contributed by atoms with Crippen LogP contribution in [0.4, 0.5) is 0 Å². The van der Waals surface area contributed by atoms with Crippen molar-refractivity contribution in [2.45, 2.75) is 39.5 Å². The predicted octanol–water partition coefficient (Wildman–Crippen LogP) is 3.86. The molecule has 0 aromatic heterocycles. The smallest absolute Gasteiger partial charge is 0.253 e. The Balaban J connectivity index is 1.43. The highest BCUT2D eigenvalue weighted by molar-refractivity contribution is 5.94. The highest BCUT2D eigenvalue weighted by Gasteiger charge is 2.24. The molecular formula is C24H30N2O2. The van der Waals surface area contributed by atoms with Crippen molar-refractivity contribution in [3.8, 4) is 0 Å². The van der Waals surface area contributed by atoms with Crippen molar-refractivity contribution in [3.05, 3.63) is 70.8 Å². The van der Waals surface area contributed by atoms with Crippen LogP contribution >= 0.6 is 0 Å². The summed E-state index contributed by atoms with van der Waals surface area (Å²) >= 11 is 0. The van der Waals surface area contributed by atoms with E-state index < -0.39 is 0 Å². The number of benzene rings is 2. The van der Waals surface area contributed by atoms with Crippen LogP contribution in [0.2, 0.25) is 0 Å². The Morgan fingerprint density at radius 3 is 2.00 bits per heavy atom. The Kier molecular flexibility index (Phi) is 6.85. The molecule has 0 saturated carbocycles. The highest BCUT2D eigenvalue weighted by Crippen LogP contribution is 2.13. The maximum Gasteiger partial charge on any atom is 0.253 e. The van der Waals surface area contributed by atoms with Gasteiger partial charge in [-0.05, 0) is 49.4 Å². The van der Waals surface area contributed by atoms with E-state index in [-0.39, 0.29) is 11.8 Å². The largest absolute Gasteiger partial charge is 0.339 e. The number of amides is 2. The van der Waals surface area contributed by atoms with Crippen molar-refractivity contribution in [2.75, 3.05) is 26.2 Å². The van der Waals surface area contributed by atoms with Crippen molar-refractivity contribution in [3.63, 3.8) is 0 Å². The van der Waals surface area contributed by atoms with Gasteiger partial charge in [0.1, 0.15) is 0 Å². The van der Waals surface area contributed by atoms with Crippen molar-refractivity contribution >= 4 is 11.8 Å². The lowest BCUT2D eigenvalue weighted by atomic mass is 10.1. The molecule has 1 heterocycles. The number of carbonyl (C=O) groups excluding carboxylic acids is 2. The van der Waals surface area contributed by atoms with Crippen LogP contribution in [0.15, 0.2) is 48.5 Å². The molecule has 0 N–H and O–H groups in total. The molecular weight excluding hydrogens is 348 g/mol. The number of nitrogens with zero attached hydrogens (tertiary/aromatic N) is 2. The molecule has 2 amide bonds. The van der Waals surface area contributed by atoms with E-state index in [1.807, 2.05) is 34.1 Å². The van der Waals surface area contributed by atoms with Crippen molar-refractivity contribution in [1.82, 2.24) is 9.80 Å². The summed E-state index contributed by atoms with van der Waals surface area (Å²) in [4.78, 5) is 28.9. The van der Waals surface area contributed by atoms with Gasteiger partial charge in [-0.3, -0.25) is 9.59 Å². The van der Waals surface area contributed by atoms with Crippen molar-refractivity contribution in [1.29, 1.82) is 0 Å². The molecule has 1 aliphatic heterocycles. The molecule has 28 heavy (non-hydrogen) atoms. The fourth-order valence-corrected chi connectivity index (χ4v) is 3.58. The van der Waals surface area contributed by atoms with Crippen LogP contribution in [-0.2, 0) is 17.6 Å². The topological polar surface area (TPSA) is 40.6 Å². The third kappa shape index (κ3) is 5.22. The minimum atomic E-state index is 0.0640. The Labute approximate surface area is 168 Å². The molecule has 4 heteroatoms. The third-order valence-electron chi connectivity index (χ3n) is 5.51. The second-order valence-electron chi connectivity index (χ2n) is 7.56. The molecule has 0 aliphatic carbocycles. The fourth-order valence-electron chi connectivity index (χ4n) is 3.58. The summed E-state index contributed by atoms with van der Waals surface area (Å²) in [6.45, 7) is 6.66. The molecule has 148 valence electrons. The molecule has 1 saturated heterocycles. The first kappa shape index (κ1) is 20.1. The summed E-state index contributed by atoms with van der Waals surface area (Å²) in [7, 11) is 0. The lowest BCUT2D eigenvalue weighted by Crippen LogP contribution is -2.50. The van der Waals surface area contributed by atoms with Gasteiger partial charge in [0.2, 0.25) is 5.91 Å². The summed E-state index contributed by atoms with van der Waals surface area (Å²) in [6, 6.07) is 16.3. The molecule has 0 radical (unpaired) electrons. The van der Waals surface area contributed by atoms with Crippen molar-refractivity contribution < 1.29 is 9.59 Å². The van der Waals surface area contributed by atoms with Crippen LogP contribution in [0.3, 0.4) is 0 Å². The van der Waals surface area contributed by atoms with Gasteiger partial charge in [0.25, 0.3) is 5.91 Å². The molecule has 0 unspecified atom stereocenters. The molecule has 4 nitrogen and oxygen atoms in total. The second-order valence-corrected chi connectivity index (χ2v) is 7.56. The van der Waals surface area contributed by atoms with Crippen molar-refractivity contribution in [2.24, 2.45) is 0 Å². The number of rotatable bonds is 6. The van der Waals surface area contributed by atoms with E-state index in [0.717, 1.165) is 24.8 Å². The Bertz CT molecular complexity index is 788. The number of carbonyl (C=O) groups is 2. The zero-order valence-electron chi connectivity index (χ0n) is 17.0. The van der Waals surface area contributed by atoms with E-state index in [1.54, 1.807) is 0 Å². The van der Waals surface area contributed by atoms with Gasteiger partial charge in [-0.2, -0.15) is 0 Å². The number of hydrogen-bond donors (Lipinski definition) is 0. The summed E-state index contributed by atoms with van der Waals surface area (Å²) in [5.74, 6) is 0.264. The molecule has 0 bridgehead atoms. The van der Waals surface area contributed by atoms with E-state index in [0.29, 0.717) is 32.6 Å².